The first-order chi connectivity index (χ1) is 23.5. The highest BCUT2D eigenvalue weighted by Gasteiger charge is 2.24. The largest absolute Gasteiger partial charge is 0.477 e. The predicted octanol–water partition coefficient (Wildman–Crippen LogP) is 4.39. The Bertz CT molecular complexity index is 2080. The van der Waals surface area contributed by atoms with Gasteiger partial charge in [-0.15, -0.1) is 0 Å². The Morgan fingerprint density at radius 2 is 1.63 bits per heavy atom. The third-order valence-electron chi connectivity index (χ3n) is 8.45. The van der Waals surface area contributed by atoms with E-state index in [0.717, 1.165) is 6.07 Å². The van der Waals surface area contributed by atoms with Gasteiger partial charge in [-0.05, 0) is 54.1 Å². The van der Waals surface area contributed by atoms with Crippen LogP contribution in [0.25, 0.3) is 16.6 Å². The summed E-state index contributed by atoms with van der Waals surface area (Å²) in [7, 11) is 1.62. The summed E-state index contributed by atoms with van der Waals surface area (Å²) < 4.78 is 36.6. The first-order valence-corrected chi connectivity index (χ1v) is 15.4. The Labute approximate surface area is 279 Å². The van der Waals surface area contributed by atoms with E-state index < -0.39 is 34.7 Å². The Morgan fingerprint density at radius 1 is 0.959 bits per heavy atom. The number of carboxylic acids is 1. The Morgan fingerprint density at radius 3 is 2.29 bits per heavy atom. The molecule has 1 saturated heterocycles. The standard InChI is InChI=1S/C35H32F2N6O6/c1-21(44)40(2)19-31(45)22-3-9-25(10-4-22)49-33-17-32(38-20-39-33)42-13-11-41(12-14-42)30-16-29-26(15-28(30)37)34(46)27(35(47)48)18-43(29)24-7-5-23(36)6-8-24/h3-10,15-18,20,31,45H,11-14,19H2,1-2H3,(H,47,48)/t31-/m0/s1. The molecule has 3 heterocycles. The van der Waals surface area contributed by atoms with E-state index in [9.17, 15) is 29.0 Å². The molecule has 0 radical (unpaired) electrons. The van der Waals surface area contributed by atoms with Gasteiger partial charge in [0.15, 0.2) is 0 Å². The number of amides is 1. The molecule has 14 heteroatoms. The number of aromatic carboxylic acids is 1. The Balaban J connectivity index is 1.18. The van der Waals surface area contributed by atoms with Crippen molar-refractivity contribution in [1.29, 1.82) is 0 Å². The minimum absolute atomic E-state index is 0.107. The summed E-state index contributed by atoms with van der Waals surface area (Å²) in [6, 6.07) is 16.4. The molecule has 1 aliphatic heterocycles. The maximum absolute atomic E-state index is 15.6. The Kier molecular flexibility index (Phi) is 9.23. The van der Waals surface area contributed by atoms with Gasteiger partial charge in [0.25, 0.3) is 0 Å². The van der Waals surface area contributed by atoms with E-state index in [0.29, 0.717) is 54.9 Å². The van der Waals surface area contributed by atoms with E-state index in [2.05, 4.69) is 9.97 Å². The van der Waals surface area contributed by atoms with Crippen molar-refractivity contribution >= 4 is 34.3 Å². The lowest BCUT2D eigenvalue weighted by Gasteiger charge is -2.37. The van der Waals surface area contributed by atoms with Gasteiger partial charge < -0.3 is 34.2 Å². The van der Waals surface area contributed by atoms with Gasteiger partial charge in [0, 0.05) is 63.5 Å². The number of pyridine rings is 1. The molecule has 2 aromatic heterocycles. The second-order valence-electron chi connectivity index (χ2n) is 11.6. The van der Waals surface area contributed by atoms with Gasteiger partial charge >= 0.3 is 5.97 Å². The quantitative estimate of drug-likeness (QED) is 0.232. The molecule has 0 unspecified atom stereocenters. The number of halogens is 2. The van der Waals surface area contributed by atoms with Crippen molar-refractivity contribution in [2.24, 2.45) is 0 Å². The zero-order valence-corrected chi connectivity index (χ0v) is 26.6. The summed E-state index contributed by atoms with van der Waals surface area (Å²) >= 11 is 0. The van der Waals surface area contributed by atoms with E-state index >= 15 is 4.39 Å². The van der Waals surface area contributed by atoms with Gasteiger partial charge in [-0.3, -0.25) is 9.59 Å². The average molecular weight is 671 g/mol. The minimum atomic E-state index is -1.45. The maximum Gasteiger partial charge on any atom is 0.341 e. The first kappa shape index (κ1) is 33.0. The lowest BCUT2D eigenvalue weighted by Crippen LogP contribution is -2.47. The predicted molar refractivity (Wildman–Crippen MR) is 178 cm³/mol. The number of rotatable bonds is 9. The summed E-state index contributed by atoms with van der Waals surface area (Å²) in [4.78, 5) is 50.2. The number of carboxylic acid groups (broad SMARTS) is 1. The van der Waals surface area contributed by atoms with E-state index in [1.807, 2.05) is 9.80 Å². The summed E-state index contributed by atoms with van der Waals surface area (Å²) in [6.07, 6.45) is 1.71. The van der Waals surface area contributed by atoms with Gasteiger partial charge in [0.1, 0.15) is 35.1 Å². The number of anilines is 2. The molecule has 0 bridgehead atoms. The summed E-state index contributed by atoms with van der Waals surface area (Å²) in [5.74, 6) is -1.36. The highest BCUT2D eigenvalue weighted by molar-refractivity contribution is 5.94. The third-order valence-corrected chi connectivity index (χ3v) is 8.45. The molecular formula is C35H32F2N6O6. The molecule has 12 nitrogen and oxygen atoms in total. The van der Waals surface area contributed by atoms with Crippen molar-refractivity contribution in [3.63, 3.8) is 0 Å². The number of carbonyl (C=O) groups is 2. The zero-order valence-electron chi connectivity index (χ0n) is 26.6. The van der Waals surface area contributed by atoms with Crippen LogP contribution < -0.4 is 20.0 Å². The molecule has 0 aliphatic carbocycles. The number of benzene rings is 3. The third kappa shape index (κ3) is 7.04. The van der Waals surface area contributed by atoms with Crippen LogP contribution in [0.5, 0.6) is 11.6 Å². The van der Waals surface area contributed by atoms with E-state index in [4.69, 9.17) is 4.74 Å². The fourth-order valence-electron chi connectivity index (χ4n) is 5.65. The van der Waals surface area contributed by atoms with Crippen LogP contribution in [0.1, 0.15) is 28.9 Å². The lowest BCUT2D eigenvalue weighted by molar-refractivity contribution is -0.128. The van der Waals surface area contributed by atoms with Gasteiger partial charge in [-0.2, -0.15) is 0 Å². The lowest BCUT2D eigenvalue weighted by atomic mass is 10.1. The SMILES string of the molecule is CC(=O)N(C)C[C@H](O)c1ccc(Oc2cc(N3CCN(c4cc5c(cc4F)c(=O)c(C(=O)O)cn5-c4ccc(F)cc4)CC3)ncn2)cc1. The molecule has 0 saturated carbocycles. The summed E-state index contributed by atoms with van der Waals surface area (Å²) in [5, 5.41) is 20.0. The fraction of sp³-hybridized carbons (Fsp3) is 0.229. The van der Waals surface area contributed by atoms with Crippen molar-refractivity contribution in [1.82, 2.24) is 19.4 Å². The number of aliphatic hydroxyl groups excluding tert-OH is 1. The summed E-state index contributed by atoms with van der Waals surface area (Å²) in [6.45, 7) is 3.34. The molecule has 3 aromatic carbocycles. The van der Waals surface area contributed by atoms with Gasteiger partial charge in [-0.1, -0.05) is 12.1 Å². The van der Waals surface area contributed by atoms with E-state index in [1.54, 1.807) is 37.4 Å². The second kappa shape index (κ2) is 13.7. The van der Waals surface area contributed by atoms with E-state index in [1.165, 1.54) is 59.2 Å². The molecule has 49 heavy (non-hydrogen) atoms. The van der Waals surface area contributed by atoms with Crippen molar-refractivity contribution in [2.45, 2.75) is 13.0 Å². The van der Waals surface area contributed by atoms with Gasteiger partial charge in [0.2, 0.25) is 17.2 Å². The van der Waals surface area contributed by atoms with Crippen molar-refractivity contribution < 1.29 is 33.3 Å². The van der Waals surface area contributed by atoms with Crippen molar-refractivity contribution in [2.75, 3.05) is 49.6 Å². The van der Waals surface area contributed by atoms with Gasteiger partial charge in [-0.25, -0.2) is 23.5 Å². The molecule has 0 spiro atoms. The van der Waals surface area contributed by atoms with Crippen LogP contribution in [0.2, 0.25) is 0 Å². The first-order valence-electron chi connectivity index (χ1n) is 15.4. The number of hydrogen-bond donors (Lipinski definition) is 2. The molecule has 5 aromatic rings. The van der Waals surface area contributed by atoms with Crippen LogP contribution in [-0.4, -0.2) is 81.3 Å². The summed E-state index contributed by atoms with van der Waals surface area (Å²) in [5.41, 5.74) is 0.208. The maximum atomic E-state index is 15.6. The second-order valence-corrected chi connectivity index (χ2v) is 11.6. The molecule has 1 atom stereocenters. The van der Waals surface area contributed by atoms with Crippen LogP contribution in [0, 0.1) is 11.6 Å². The van der Waals surface area contributed by atoms with Crippen molar-refractivity contribution in [3.05, 3.63) is 112 Å². The molecular weight excluding hydrogens is 638 g/mol. The molecule has 1 fully saturated rings. The average Bonchev–Trinajstić information content (AvgIpc) is 3.09. The zero-order chi connectivity index (χ0) is 34.8. The fourth-order valence-corrected chi connectivity index (χ4v) is 5.65. The molecule has 252 valence electrons. The normalized spacial score (nSPS) is 13.7. The number of aliphatic hydroxyl groups is 1. The van der Waals surface area contributed by atoms with Crippen LogP contribution >= 0.6 is 0 Å². The monoisotopic (exact) mass is 670 g/mol. The van der Waals surface area contributed by atoms with Crippen LogP contribution in [0.4, 0.5) is 20.3 Å². The topological polar surface area (TPSA) is 141 Å². The number of piperazine rings is 1. The van der Waals surface area contributed by atoms with Gasteiger partial charge in [0.05, 0.1) is 23.9 Å². The molecule has 1 aliphatic rings. The minimum Gasteiger partial charge on any atom is -0.477 e. The molecule has 6 rings (SSSR count). The van der Waals surface area contributed by atoms with Crippen LogP contribution in [0.3, 0.4) is 0 Å². The number of carbonyl (C=O) groups excluding carboxylic acids is 1. The molecule has 1 amide bonds. The van der Waals surface area contributed by atoms with E-state index in [-0.39, 0.29) is 29.0 Å². The van der Waals surface area contributed by atoms with Crippen LogP contribution in [0.15, 0.2) is 84.0 Å². The number of nitrogens with zero attached hydrogens (tertiary/aromatic N) is 6. The highest BCUT2D eigenvalue weighted by Crippen LogP contribution is 2.30. The number of likely N-dealkylation sites (N-methyl/N-ethyl adjacent to an activating group) is 1. The number of hydrogen-bond acceptors (Lipinski definition) is 9. The number of aromatic nitrogens is 3. The van der Waals surface area contributed by atoms with Crippen molar-refractivity contribution in [3.8, 4) is 17.3 Å². The highest BCUT2D eigenvalue weighted by atomic mass is 19.1. The Hall–Kier alpha value is -5.89. The molecule has 2 N–H and O–H groups in total. The number of ether oxygens (including phenoxy) is 1. The van der Waals surface area contributed by atoms with Crippen LogP contribution in [-0.2, 0) is 4.79 Å². The number of fused-ring (bicyclic) bond motifs is 1. The smallest absolute Gasteiger partial charge is 0.341 e.